The van der Waals surface area contributed by atoms with Crippen molar-refractivity contribution < 1.29 is 9.50 Å². The zero-order valence-corrected chi connectivity index (χ0v) is 7.91. The number of aliphatic hydroxyl groups is 1. The quantitative estimate of drug-likeness (QED) is 0.756. The Balaban J connectivity index is 1.95. The molecule has 1 aliphatic heterocycles. The maximum Gasteiger partial charge on any atom is 0.123 e. The molecule has 2 N–H and O–H groups in total. The van der Waals surface area contributed by atoms with E-state index in [0.29, 0.717) is 6.42 Å². The summed E-state index contributed by atoms with van der Waals surface area (Å²) in [5.74, 6) is -0.240. The molecular weight excluding hydrogens is 181 g/mol. The lowest BCUT2D eigenvalue weighted by molar-refractivity contribution is 0.0955. The summed E-state index contributed by atoms with van der Waals surface area (Å²) in [6.45, 7) is 0.977. The first-order valence-electron chi connectivity index (χ1n) is 4.91. The van der Waals surface area contributed by atoms with Gasteiger partial charge in [0.1, 0.15) is 5.82 Å². The van der Waals surface area contributed by atoms with Crippen molar-refractivity contribution in [3.63, 3.8) is 0 Å². The highest BCUT2D eigenvalue weighted by Gasteiger charge is 2.24. The van der Waals surface area contributed by atoms with Crippen molar-refractivity contribution in [3.05, 3.63) is 35.6 Å². The van der Waals surface area contributed by atoms with Crippen LogP contribution in [0.15, 0.2) is 24.3 Å². The summed E-state index contributed by atoms with van der Waals surface area (Å²) < 4.78 is 12.8. The molecule has 2 unspecified atom stereocenters. The van der Waals surface area contributed by atoms with Crippen molar-refractivity contribution in [1.29, 1.82) is 0 Å². The molecule has 1 aromatic rings. The van der Waals surface area contributed by atoms with Crippen LogP contribution in [0.3, 0.4) is 0 Å². The minimum absolute atomic E-state index is 0.193. The van der Waals surface area contributed by atoms with Crippen molar-refractivity contribution in [3.8, 4) is 0 Å². The van der Waals surface area contributed by atoms with Gasteiger partial charge in [-0.1, -0.05) is 12.1 Å². The molecule has 3 heteroatoms. The summed E-state index contributed by atoms with van der Waals surface area (Å²) in [6.07, 6.45) is 1.14. The Kier molecular flexibility index (Phi) is 2.79. The Labute approximate surface area is 82.8 Å². The molecule has 0 bridgehead atoms. The van der Waals surface area contributed by atoms with Crippen LogP contribution in [0.1, 0.15) is 12.0 Å². The van der Waals surface area contributed by atoms with Gasteiger partial charge in [-0.15, -0.1) is 0 Å². The Morgan fingerprint density at radius 3 is 2.93 bits per heavy atom. The first kappa shape index (κ1) is 9.62. The van der Waals surface area contributed by atoms with Crippen LogP contribution < -0.4 is 5.32 Å². The summed E-state index contributed by atoms with van der Waals surface area (Å²) >= 11 is 0. The van der Waals surface area contributed by atoms with Crippen molar-refractivity contribution in [1.82, 2.24) is 5.32 Å². The van der Waals surface area contributed by atoms with Crippen LogP contribution >= 0.6 is 0 Å². The van der Waals surface area contributed by atoms with Gasteiger partial charge in [0.2, 0.25) is 0 Å². The van der Waals surface area contributed by atoms with Gasteiger partial charge in [0, 0.05) is 6.04 Å². The van der Waals surface area contributed by atoms with E-state index in [-0.39, 0.29) is 11.9 Å². The highest BCUT2D eigenvalue weighted by Crippen LogP contribution is 2.13. The minimum Gasteiger partial charge on any atom is -0.391 e. The SMILES string of the molecule is OC(Cc1cccc(F)c1)C1CCN1. The lowest BCUT2D eigenvalue weighted by atomic mass is 9.95. The normalized spacial score (nSPS) is 22.9. The molecule has 1 saturated heterocycles. The van der Waals surface area contributed by atoms with E-state index in [9.17, 15) is 9.50 Å². The topological polar surface area (TPSA) is 32.3 Å². The van der Waals surface area contributed by atoms with Crippen LogP contribution in [0.5, 0.6) is 0 Å². The van der Waals surface area contributed by atoms with Gasteiger partial charge >= 0.3 is 0 Å². The molecule has 0 amide bonds. The number of hydrogen-bond donors (Lipinski definition) is 2. The molecule has 0 saturated carbocycles. The largest absolute Gasteiger partial charge is 0.391 e. The second kappa shape index (κ2) is 4.07. The number of halogens is 1. The molecule has 14 heavy (non-hydrogen) atoms. The van der Waals surface area contributed by atoms with E-state index in [1.54, 1.807) is 6.07 Å². The number of nitrogens with one attached hydrogen (secondary N) is 1. The lowest BCUT2D eigenvalue weighted by Gasteiger charge is -2.32. The van der Waals surface area contributed by atoms with Gasteiger partial charge in [-0.25, -0.2) is 4.39 Å². The molecule has 1 heterocycles. The molecule has 1 aromatic carbocycles. The molecule has 0 aliphatic carbocycles. The number of benzene rings is 1. The molecule has 2 rings (SSSR count). The van der Waals surface area contributed by atoms with Gasteiger partial charge in [-0.2, -0.15) is 0 Å². The predicted molar refractivity (Wildman–Crippen MR) is 52.5 cm³/mol. The molecule has 0 spiro atoms. The van der Waals surface area contributed by atoms with Gasteiger partial charge in [0.05, 0.1) is 6.10 Å². The van der Waals surface area contributed by atoms with Crippen LogP contribution in [0.25, 0.3) is 0 Å². The van der Waals surface area contributed by atoms with Crippen LogP contribution in [-0.2, 0) is 6.42 Å². The average molecular weight is 195 g/mol. The second-order valence-corrected chi connectivity index (χ2v) is 3.75. The summed E-state index contributed by atoms with van der Waals surface area (Å²) in [6, 6.07) is 6.59. The summed E-state index contributed by atoms with van der Waals surface area (Å²) in [4.78, 5) is 0. The van der Waals surface area contributed by atoms with E-state index < -0.39 is 6.10 Å². The highest BCUT2D eigenvalue weighted by atomic mass is 19.1. The van der Waals surface area contributed by atoms with Crippen LogP contribution in [-0.4, -0.2) is 23.8 Å². The summed E-state index contributed by atoms with van der Waals surface area (Å²) in [7, 11) is 0. The van der Waals surface area contributed by atoms with Gasteiger partial charge < -0.3 is 10.4 Å². The van der Waals surface area contributed by atoms with Gasteiger partial charge in [-0.3, -0.25) is 0 Å². The van der Waals surface area contributed by atoms with Gasteiger partial charge in [-0.05, 0) is 37.1 Å². The van der Waals surface area contributed by atoms with Crippen molar-refractivity contribution in [2.24, 2.45) is 0 Å². The van der Waals surface area contributed by atoms with Crippen molar-refractivity contribution >= 4 is 0 Å². The Morgan fingerprint density at radius 1 is 1.57 bits per heavy atom. The molecule has 1 fully saturated rings. The maximum atomic E-state index is 12.8. The fourth-order valence-corrected chi connectivity index (χ4v) is 1.69. The van der Waals surface area contributed by atoms with Crippen LogP contribution in [0.2, 0.25) is 0 Å². The summed E-state index contributed by atoms with van der Waals surface area (Å²) in [5, 5.41) is 12.9. The molecular formula is C11H14FNO. The lowest BCUT2D eigenvalue weighted by Crippen LogP contribution is -2.51. The Morgan fingerprint density at radius 2 is 2.36 bits per heavy atom. The Bertz CT molecular complexity index is 312. The first-order chi connectivity index (χ1) is 6.75. The second-order valence-electron chi connectivity index (χ2n) is 3.75. The van der Waals surface area contributed by atoms with Gasteiger partial charge in [0.15, 0.2) is 0 Å². The molecule has 0 aromatic heterocycles. The molecule has 76 valence electrons. The molecule has 0 radical (unpaired) electrons. The standard InChI is InChI=1S/C11H14FNO/c12-9-3-1-2-8(6-9)7-11(14)10-4-5-13-10/h1-3,6,10-11,13-14H,4-5,7H2. The maximum absolute atomic E-state index is 12.8. The fraction of sp³-hybridized carbons (Fsp3) is 0.455. The molecule has 2 atom stereocenters. The third kappa shape index (κ3) is 2.11. The monoisotopic (exact) mass is 195 g/mol. The number of rotatable bonds is 3. The Hall–Kier alpha value is -0.930. The molecule has 1 aliphatic rings. The number of aliphatic hydroxyl groups excluding tert-OH is 1. The third-order valence-corrected chi connectivity index (χ3v) is 2.66. The fourth-order valence-electron chi connectivity index (χ4n) is 1.69. The van der Waals surface area contributed by atoms with E-state index in [0.717, 1.165) is 18.5 Å². The zero-order valence-electron chi connectivity index (χ0n) is 7.91. The van der Waals surface area contributed by atoms with E-state index in [1.165, 1.54) is 12.1 Å². The van der Waals surface area contributed by atoms with E-state index in [2.05, 4.69) is 5.32 Å². The van der Waals surface area contributed by atoms with Crippen LogP contribution in [0, 0.1) is 5.82 Å². The van der Waals surface area contributed by atoms with E-state index >= 15 is 0 Å². The van der Waals surface area contributed by atoms with Gasteiger partial charge in [0.25, 0.3) is 0 Å². The average Bonchev–Trinajstić information content (AvgIpc) is 1.99. The van der Waals surface area contributed by atoms with Crippen molar-refractivity contribution in [2.75, 3.05) is 6.54 Å². The molecule has 2 nitrogen and oxygen atoms in total. The predicted octanol–water partition coefficient (Wildman–Crippen LogP) is 1.09. The van der Waals surface area contributed by atoms with E-state index in [1.807, 2.05) is 6.07 Å². The zero-order chi connectivity index (χ0) is 9.97. The summed E-state index contributed by atoms with van der Waals surface area (Å²) in [5.41, 5.74) is 0.853. The number of hydrogen-bond acceptors (Lipinski definition) is 2. The van der Waals surface area contributed by atoms with Crippen LogP contribution in [0.4, 0.5) is 4.39 Å². The van der Waals surface area contributed by atoms with E-state index in [4.69, 9.17) is 0 Å². The smallest absolute Gasteiger partial charge is 0.123 e. The minimum atomic E-state index is -0.398. The highest BCUT2D eigenvalue weighted by molar-refractivity contribution is 5.17. The first-order valence-corrected chi connectivity index (χ1v) is 4.91. The third-order valence-electron chi connectivity index (χ3n) is 2.66. The van der Waals surface area contributed by atoms with Crippen molar-refractivity contribution in [2.45, 2.75) is 25.0 Å².